The van der Waals surface area contributed by atoms with Gasteiger partial charge in [0.25, 0.3) is 0 Å². The first-order chi connectivity index (χ1) is 8.31. The molecule has 1 aliphatic rings. The largest absolute Gasteiger partial charge is 0.353 e. The maximum absolute atomic E-state index is 7.58. The summed E-state index contributed by atoms with van der Waals surface area (Å²) in [7, 11) is 0. The fourth-order valence-electron chi connectivity index (χ4n) is 2.13. The molecule has 0 spiro atoms. The highest BCUT2D eigenvalue weighted by Gasteiger charge is 2.31. The Morgan fingerprint density at radius 2 is 2.06 bits per heavy atom. The summed E-state index contributed by atoms with van der Waals surface area (Å²) in [6, 6.07) is 0. The monoisotopic (exact) mass is 229 g/mol. The van der Waals surface area contributed by atoms with Crippen molar-refractivity contribution >= 4 is 0 Å². The molecule has 0 aromatic carbocycles. The van der Waals surface area contributed by atoms with E-state index in [0.29, 0.717) is 12.8 Å². The Kier molecular flexibility index (Phi) is 6.25. The van der Waals surface area contributed by atoms with Gasteiger partial charge in [-0.05, 0) is 18.8 Å². The molecule has 1 aliphatic heterocycles. The third-order valence-corrected chi connectivity index (χ3v) is 3.24. The van der Waals surface area contributed by atoms with Gasteiger partial charge in [-0.2, -0.15) is 0 Å². The summed E-state index contributed by atoms with van der Waals surface area (Å²) in [5, 5.41) is 0. The number of hydrogen-bond acceptors (Lipinski definition) is 2. The predicted octanol–water partition coefficient (Wildman–Crippen LogP) is 4.13. The van der Waals surface area contributed by atoms with Crippen molar-refractivity contribution in [3.63, 3.8) is 0 Å². The van der Waals surface area contributed by atoms with Crippen LogP contribution in [0.1, 0.15) is 67.1 Å². The van der Waals surface area contributed by atoms with Crippen molar-refractivity contribution in [1.82, 2.24) is 0 Å². The first kappa shape index (κ1) is 12.4. The zero-order chi connectivity index (χ0) is 12.5. The Bertz CT molecular complexity index is 187. The third-order valence-electron chi connectivity index (χ3n) is 3.24. The summed E-state index contributed by atoms with van der Waals surface area (Å²) >= 11 is 0. The van der Waals surface area contributed by atoms with Gasteiger partial charge >= 0.3 is 0 Å². The lowest BCUT2D eigenvalue weighted by molar-refractivity contribution is -0.135. The van der Waals surface area contributed by atoms with Gasteiger partial charge in [0.2, 0.25) is 0 Å². The molecular formula is C14H28O2. The summed E-state index contributed by atoms with van der Waals surface area (Å²) in [4.78, 5) is 0. The molecule has 1 saturated heterocycles. The molecule has 2 heteroatoms. The molecule has 2 nitrogen and oxygen atoms in total. The molecule has 96 valence electrons. The van der Waals surface area contributed by atoms with Crippen LogP contribution in [0.15, 0.2) is 0 Å². The molecular weight excluding hydrogens is 200 g/mol. The maximum atomic E-state index is 7.58. The van der Waals surface area contributed by atoms with Crippen LogP contribution in [0.2, 0.25) is 0 Å². The van der Waals surface area contributed by atoms with Gasteiger partial charge in [0.15, 0.2) is 6.29 Å². The van der Waals surface area contributed by atoms with Crippen molar-refractivity contribution in [1.29, 1.82) is 0 Å². The predicted molar refractivity (Wildman–Crippen MR) is 67.4 cm³/mol. The quantitative estimate of drug-likeness (QED) is 0.582. The molecule has 0 aliphatic carbocycles. The van der Waals surface area contributed by atoms with Gasteiger partial charge in [0, 0.05) is 14.4 Å². The van der Waals surface area contributed by atoms with Crippen LogP contribution < -0.4 is 0 Å². The highest BCUT2D eigenvalue weighted by Crippen LogP contribution is 2.30. The van der Waals surface area contributed by atoms with Crippen LogP contribution in [0.25, 0.3) is 0 Å². The number of ether oxygens (including phenoxy) is 2. The number of hydrogen-bond donors (Lipinski definition) is 0. The molecule has 0 aromatic rings. The Labute approximate surface area is 102 Å². The van der Waals surface area contributed by atoms with E-state index in [4.69, 9.17) is 10.8 Å². The molecule has 0 N–H and O–H groups in total. The lowest BCUT2D eigenvalue weighted by Gasteiger charge is -2.15. The zero-order valence-electron chi connectivity index (χ0n) is 11.9. The van der Waals surface area contributed by atoms with E-state index in [0.717, 1.165) is 32.3 Å². The first-order valence-electron chi connectivity index (χ1n) is 7.58. The zero-order valence-corrected chi connectivity index (χ0v) is 10.9. The van der Waals surface area contributed by atoms with E-state index in [-0.39, 0.29) is 12.4 Å². The summed E-state index contributed by atoms with van der Waals surface area (Å²) in [5.41, 5.74) is 0. The van der Waals surface area contributed by atoms with Gasteiger partial charge in [0.1, 0.15) is 0 Å². The van der Waals surface area contributed by atoms with E-state index in [9.17, 15) is 0 Å². The summed E-state index contributed by atoms with van der Waals surface area (Å²) in [6.07, 6.45) is 8.25. The molecule has 1 fully saturated rings. The highest BCUT2D eigenvalue weighted by molar-refractivity contribution is 4.75. The van der Waals surface area contributed by atoms with Gasteiger partial charge in [-0.25, -0.2) is 0 Å². The van der Waals surface area contributed by atoms with E-state index in [1.807, 2.05) is 0 Å². The second-order valence-corrected chi connectivity index (χ2v) is 4.82. The first-order valence-corrected chi connectivity index (χ1v) is 6.88. The summed E-state index contributed by atoms with van der Waals surface area (Å²) in [5.74, 6) is 0.387. The van der Waals surface area contributed by atoms with Crippen LogP contribution in [0.5, 0.6) is 0 Å². The Morgan fingerprint density at radius 3 is 2.75 bits per heavy atom. The Balaban J connectivity index is 2.23. The number of rotatable bonds is 8. The maximum Gasteiger partial charge on any atom is 0.158 e. The fraction of sp³-hybridized carbons (Fsp3) is 1.00. The molecule has 0 saturated carbocycles. The van der Waals surface area contributed by atoms with Crippen molar-refractivity contribution in [2.75, 3.05) is 6.61 Å². The molecule has 0 radical (unpaired) electrons. The molecule has 0 bridgehead atoms. The van der Waals surface area contributed by atoms with Crippen molar-refractivity contribution in [3.8, 4) is 0 Å². The van der Waals surface area contributed by atoms with Crippen molar-refractivity contribution < 1.29 is 10.8 Å². The SMILES string of the molecule is [2H]C[C@@H]1CC(OCCCC)O[C@H]1CCCCC. The second-order valence-electron chi connectivity index (χ2n) is 4.82. The van der Waals surface area contributed by atoms with Gasteiger partial charge in [-0.15, -0.1) is 0 Å². The molecule has 1 rings (SSSR count). The minimum Gasteiger partial charge on any atom is -0.353 e. The summed E-state index contributed by atoms with van der Waals surface area (Å²) < 4.78 is 19.2. The normalized spacial score (nSPS) is 30.6. The summed E-state index contributed by atoms with van der Waals surface area (Å²) in [6.45, 7) is 5.66. The average molecular weight is 229 g/mol. The Hall–Kier alpha value is -0.0800. The van der Waals surface area contributed by atoms with Crippen LogP contribution in [-0.2, 0) is 9.47 Å². The van der Waals surface area contributed by atoms with Crippen molar-refractivity contribution in [3.05, 3.63) is 0 Å². The lowest BCUT2D eigenvalue weighted by atomic mass is 9.99. The standard InChI is InChI=1S/C14H28O2/c1-4-6-8-9-13-12(3)11-14(16-13)15-10-7-5-2/h12-14H,4-11H2,1-3H3/t12-,13+,14?/m1/s1/i3D. The van der Waals surface area contributed by atoms with Crippen LogP contribution in [-0.4, -0.2) is 19.0 Å². The van der Waals surface area contributed by atoms with E-state index in [1.54, 1.807) is 0 Å². The third kappa shape index (κ3) is 4.84. The van der Waals surface area contributed by atoms with E-state index < -0.39 is 0 Å². The molecule has 16 heavy (non-hydrogen) atoms. The molecule has 1 heterocycles. The van der Waals surface area contributed by atoms with Gasteiger partial charge in [0.05, 0.1) is 6.10 Å². The average Bonchev–Trinajstić information content (AvgIpc) is 2.72. The number of unbranched alkanes of at least 4 members (excludes halogenated alkanes) is 3. The van der Waals surface area contributed by atoms with Gasteiger partial charge < -0.3 is 9.47 Å². The van der Waals surface area contributed by atoms with Crippen molar-refractivity contribution in [2.24, 2.45) is 5.92 Å². The Morgan fingerprint density at radius 1 is 1.25 bits per heavy atom. The second kappa shape index (κ2) is 8.08. The van der Waals surface area contributed by atoms with E-state index >= 15 is 0 Å². The minimum absolute atomic E-state index is 0.0384. The van der Waals surface area contributed by atoms with Crippen LogP contribution >= 0.6 is 0 Å². The molecule has 3 atom stereocenters. The van der Waals surface area contributed by atoms with Crippen LogP contribution in [0, 0.1) is 5.92 Å². The van der Waals surface area contributed by atoms with Crippen LogP contribution in [0.3, 0.4) is 0 Å². The molecule has 1 unspecified atom stereocenters. The van der Waals surface area contributed by atoms with E-state index in [1.165, 1.54) is 19.3 Å². The van der Waals surface area contributed by atoms with Crippen molar-refractivity contribution in [2.45, 2.75) is 78.1 Å². The molecule has 0 aromatic heterocycles. The highest BCUT2D eigenvalue weighted by atomic mass is 16.7. The lowest BCUT2D eigenvalue weighted by Crippen LogP contribution is -2.16. The fourth-order valence-corrected chi connectivity index (χ4v) is 2.13. The van der Waals surface area contributed by atoms with Gasteiger partial charge in [-0.1, -0.05) is 46.4 Å². The van der Waals surface area contributed by atoms with Gasteiger partial charge in [-0.3, -0.25) is 0 Å². The minimum atomic E-state index is -0.0384. The van der Waals surface area contributed by atoms with E-state index in [2.05, 4.69) is 13.8 Å². The van der Waals surface area contributed by atoms with Crippen LogP contribution in [0.4, 0.5) is 0 Å². The smallest absolute Gasteiger partial charge is 0.158 e. The topological polar surface area (TPSA) is 18.5 Å². The molecule has 0 amide bonds.